The Bertz CT molecular complexity index is 1860. The number of aryl methyl sites for hydroxylation is 2. The van der Waals surface area contributed by atoms with Crippen LogP contribution in [0.4, 0.5) is 15.9 Å². The first kappa shape index (κ1) is 31.9. The Balaban J connectivity index is 1.03. The molecule has 0 unspecified atom stereocenters. The van der Waals surface area contributed by atoms with Crippen LogP contribution in [0.15, 0.2) is 55.0 Å². The maximum Gasteiger partial charge on any atom is 0.142 e. The minimum atomic E-state index is -0.504. The Morgan fingerprint density at radius 2 is 1.91 bits per heavy atom. The third-order valence-electron chi connectivity index (χ3n) is 8.70. The zero-order chi connectivity index (χ0) is 32.3. The molecule has 1 saturated heterocycles. The van der Waals surface area contributed by atoms with Crippen molar-refractivity contribution in [1.29, 1.82) is 0 Å². The summed E-state index contributed by atoms with van der Waals surface area (Å²) in [6, 6.07) is 11.8. The predicted molar refractivity (Wildman–Crippen MR) is 182 cm³/mol. The van der Waals surface area contributed by atoms with Crippen molar-refractivity contribution in [2.24, 2.45) is 0 Å². The highest BCUT2D eigenvalue weighted by molar-refractivity contribution is 7.22. The monoisotopic (exact) mass is 677 g/mol. The van der Waals surface area contributed by atoms with Crippen LogP contribution in [0.1, 0.15) is 16.8 Å². The number of nitrogens with one attached hydrogen (secondary N) is 1. The van der Waals surface area contributed by atoms with Crippen LogP contribution in [0, 0.1) is 5.82 Å². The lowest BCUT2D eigenvalue weighted by Gasteiger charge is -2.35. The number of thiophene rings is 1. The van der Waals surface area contributed by atoms with E-state index in [4.69, 9.17) is 26.2 Å². The maximum atomic E-state index is 13.5. The number of benzene rings is 2. The summed E-state index contributed by atoms with van der Waals surface area (Å²) in [7, 11) is 1.74. The number of methoxy groups -OCH3 is 1. The summed E-state index contributed by atoms with van der Waals surface area (Å²) in [5, 5.41) is 20.7. The van der Waals surface area contributed by atoms with Crippen molar-refractivity contribution in [3.8, 4) is 16.2 Å². The maximum absolute atomic E-state index is 13.5. The van der Waals surface area contributed by atoms with Crippen molar-refractivity contribution in [1.82, 2.24) is 29.5 Å². The normalized spacial score (nSPS) is 15.8. The van der Waals surface area contributed by atoms with E-state index in [1.807, 2.05) is 10.7 Å². The van der Waals surface area contributed by atoms with E-state index in [-0.39, 0.29) is 12.4 Å². The van der Waals surface area contributed by atoms with Crippen LogP contribution in [0.2, 0.25) is 5.02 Å². The lowest BCUT2D eigenvalue weighted by Crippen LogP contribution is -2.49. The van der Waals surface area contributed by atoms with Crippen LogP contribution in [-0.4, -0.2) is 93.7 Å². The molecule has 1 aliphatic heterocycles. The number of ether oxygens (including phenoxy) is 2. The van der Waals surface area contributed by atoms with Gasteiger partial charge in [0, 0.05) is 68.7 Å². The van der Waals surface area contributed by atoms with Crippen molar-refractivity contribution < 1.29 is 19.0 Å². The number of aliphatic hydroxyl groups excluding tert-OH is 1. The summed E-state index contributed by atoms with van der Waals surface area (Å²) in [4.78, 5) is 16.0. The van der Waals surface area contributed by atoms with E-state index in [9.17, 15) is 9.50 Å². The number of halogens is 2. The van der Waals surface area contributed by atoms with Gasteiger partial charge in [0.25, 0.3) is 0 Å². The second kappa shape index (κ2) is 14.2. The van der Waals surface area contributed by atoms with Crippen molar-refractivity contribution >= 4 is 44.7 Å². The van der Waals surface area contributed by atoms with E-state index in [2.05, 4.69) is 31.3 Å². The summed E-state index contributed by atoms with van der Waals surface area (Å²) in [5.41, 5.74) is 4.84. The smallest absolute Gasteiger partial charge is 0.142 e. The number of piperazine rings is 1. The molecule has 10 nitrogen and oxygen atoms in total. The highest BCUT2D eigenvalue weighted by Gasteiger charge is 2.27. The van der Waals surface area contributed by atoms with Gasteiger partial charge in [0.05, 0.1) is 35.4 Å². The molecular weight excluding hydrogens is 641 g/mol. The Morgan fingerprint density at radius 3 is 2.72 bits per heavy atom. The fourth-order valence-electron chi connectivity index (χ4n) is 6.32. The minimum Gasteiger partial charge on any atom is -0.487 e. The first-order chi connectivity index (χ1) is 22.9. The van der Waals surface area contributed by atoms with Gasteiger partial charge in [-0.25, -0.2) is 14.4 Å². The molecule has 5 aromatic rings. The summed E-state index contributed by atoms with van der Waals surface area (Å²) in [6.07, 6.45) is 4.76. The number of hydrogen-bond acceptors (Lipinski definition) is 10. The van der Waals surface area contributed by atoms with Crippen LogP contribution in [-0.2, 0) is 30.7 Å². The SMILES string of the molecule is COCCN1CCN(C[C@@H](O)Cn2cc3c(n2)CCc2c-3sc3ncnc(Nc4ccc(OCc5cccc(F)c5)c(Cl)c4)c23)CC1. The predicted octanol–water partition coefficient (Wildman–Crippen LogP) is 5.39. The lowest BCUT2D eigenvalue weighted by molar-refractivity contribution is 0.0537. The molecule has 1 fully saturated rings. The molecule has 0 saturated carbocycles. The van der Waals surface area contributed by atoms with E-state index in [0.29, 0.717) is 29.7 Å². The minimum absolute atomic E-state index is 0.211. The fourth-order valence-corrected chi connectivity index (χ4v) is 7.78. The molecule has 246 valence electrons. The Hall–Kier alpha value is -3.65. The van der Waals surface area contributed by atoms with Gasteiger partial charge < -0.3 is 19.9 Å². The molecular formula is C34H37ClFN7O3S. The van der Waals surface area contributed by atoms with Gasteiger partial charge in [-0.1, -0.05) is 23.7 Å². The van der Waals surface area contributed by atoms with E-state index < -0.39 is 6.10 Å². The number of fused-ring (bicyclic) bond motifs is 5. The number of β-amino-alcohol motifs (C(OH)–C–C–N with tert-alkyl or cyclic N) is 1. The lowest BCUT2D eigenvalue weighted by atomic mass is 9.95. The molecule has 1 atom stereocenters. The molecule has 3 aromatic heterocycles. The summed E-state index contributed by atoms with van der Waals surface area (Å²) in [5.74, 6) is 0.921. The average molecular weight is 678 g/mol. The van der Waals surface area contributed by atoms with E-state index in [1.165, 1.54) is 17.7 Å². The van der Waals surface area contributed by atoms with Crippen molar-refractivity contribution in [2.45, 2.75) is 32.1 Å². The van der Waals surface area contributed by atoms with Crippen LogP contribution in [0.25, 0.3) is 20.7 Å². The number of nitrogens with zero attached hydrogens (tertiary/aromatic N) is 6. The van der Waals surface area contributed by atoms with E-state index in [1.54, 1.807) is 49.0 Å². The quantitative estimate of drug-likeness (QED) is 0.180. The van der Waals surface area contributed by atoms with Crippen LogP contribution < -0.4 is 10.1 Å². The molecule has 7 rings (SSSR count). The van der Waals surface area contributed by atoms with Gasteiger partial charge in [0.15, 0.2) is 0 Å². The zero-order valence-corrected chi connectivity index (χ0v) is 27.7. The van der Waals surface area contributed by atoms with Crippen molar-refractivity contribution in [2.75, 3.05) is 58.3 Å². The number of anilines is 2. The summed E-state index contributed by atoms with van der Waals surface area (Å²) < 4.78 is 26.5. The van der Waals surface area contributed by atoms with Crippen molar-refractivity contribution in [3.63, 3.8) is 0 Å². The Morgan fingerprint density at radius 1 is 1.06 bits per heavy atom. The first-order valence-corrected chi connectivity index (χ1v) is 17.0. The van der Waals surface area contributed by atoms with Crippen molar-refractivity contribution in [3.05, 3.63) is 82.6 Å². The molecule has 1 aliphatic carbocycles. The van der Waals surface area contributed by atoms with Gasteiger partial charge >= 0.3 is 0 Å². The zero-order valence-electron chi connectivity index (χ0n) is 26.2. The van der Waals surface area contributed by atoms with Crippen LogP contribution in [0.3, 0.4) is 0 Å². The second-order valence-electron chi connectivity index (χ2n) is 12.0. The second-order valence-corrected chi connectivity index (χ2v) is 13.4. The average Bonchev–Trinajstić information content (AvgIpc) is 3.65. The van der Waals surface area contributed by atoms with Gasteiger partial charge in [-0.3, -0.25) is 14.5 Å². The molecule has 13 heteroatoms. The van der Waals surface area contributed by atoms with Gasteiger partial charge in [0.1, 0.15) is 35.1 Å². The fraction of sp³-hybridized carbons (Fsp3) is 0.382. The third-order valence-corrected chi connectivity index (χ3v) is 10.2. The topological polar surface area (TPSA) is 101 Å². The number of hydrogen-bond donors (Lipinski definition) is 2. The molecule has 0 radical (unpaired) electrons. The number of rotatable bonds is 12. The van der Waals surface area contributed by atoms with Crippen LogP contribution in [0.5, 0.6) is 5.75 Å². The molecule has 0 bridgehead atoms. The Kier molecular flexibility index (Phi) is 9.66. The highest BCUT2D eigenvalue weighted by Crippen LogP contribution is 2.45. The molecule has 47 heavy (non-hydrogen) atoms. The third kappa shape index (κ3) is 7.28. The largest absolute Gasteiger partial charge is 0.487 e. The van der Waals surface area contributed by atoms with Gasteiger partial charge in [0.2, 0.25) is 0 Å². The highest BCUT2D eigenvalue weighted by atomic mass is 35.5. The van der Waals surface area contributed by atoms with Gasteiger partial charge in [-0.05, 0) is 54.3 Å². The standard InChI is InChI=1S/C34H37ClFN7O3S/c1-45-14-13-41-9-11-42(12-10-41)17-25(44)18-43-19-27-29(40-43)7-6-26-31-33(37-21-38-34(31)47-32(26)27)39-24-5-8-30(28(35)16-24)46-20-22-3-2-4-23(36)15-22/h2-5,8,15-16,19,21,25,44H,6-7,9-14,17-18,20H2,1H3,(H,37,38,39)/t25-/m1/s1. The van der Waals surface area contributed by atoms with E-state index in [0.717, 1.165) is 89.8 Å². The molecule has 0 amide bonds. The summed E-state index contributed by atoms with van der Waals surface area (Å²) in [6.45, 7) is 6.86. The Labute approximate surface area is 281 Å². The number of aromatic nitrogens is 4. The molecule has 0 spiro atoms. The van der Waals surface area contributed by atoms with E-state index >= 15 is 0 Å². The molecule has 2 aliphatic rings. The summed E-state index contributed by atoms with van der Waals surface area (Å²) >= 11 is 8.21. The van der Waals surface area contributed by atoms with Gasteiger partial charge in [-0.15, -0.1) is 11.3 Å². The number of aliphatic hydroxyl groups is 1. The molecule has 2 aromatic carbocycles. The molecule has 2 N–H and O–H groups in total. The van der Waals surface area contributed by atoms with Crippen LogP contribution >= 0.6 is 22.9 Å². The first-order valence-electron chi connectivity index (χ1n) is 15.8. The molecule has 4 heterocycles. The van der Waals surface area contributed by atoms with Gasteiger partial charge in [-0.2, -0.15) is 5.10 Å².